The van der Waals surface area contributed by atoms with Gasteiger partial charge in [-0.3, -0.25) is 14.4 Å². The minimum Gasteiger partial charge on any atom is -0.454 e. The van der Waals surface area contributed by atoms with Gasteiger partial charge in [0.2, 0.25) is 0 Å². The molecule has 0 aliphatic rings. The van der Waals surface area contributed by atoms with Gasteiger partial charge in [-0.2, -0.15) is 8.78 Å². The maximum absolute atomic E-state index is 12.1. The molecule has 7 nitrogen and oxygen atoms in total. The van der Waals surface area contributed by atoms with Gasteiger partial charge in [0.25, 0.3) is 11.8 Å². The molecule has 160 valence electrons. The lowest BCUT2D eigenvalue weighted by Gasteiger charge is -2.17. The quantitative estimate of drug-likeness (QED) is 0.553. The van der Waals surface area contributed by atoms with Gasteiger partial charge in [0.1, 0.15) is 12.3 Å². The highest BCUT2D eigenvalue weighted by molar-refractivity contribution is 9.10. The molecule has 0 aliphatic heterocycles. The molecule has 0 spiro atoms. The summed E-state index contributed by atoms with van der Waals surface area (Å²) in [5, 5.41) is 2.41. The Kier molecular flexibility index (Phi) is 8.72. The van der Waals surface area contributed by atoms with E-state index in [-0.39, 0.29) is 18.8 Å². The summed E-state index contributed by atoms with van der Waals surface area (Å²) in [5.74, 6) is -1.65. The zero-order valence-electron chi connectivity index (χ0n) is 15.9. The molecule has 0 radical (unpaired) electrons. The monoisotopic (exact) mass is 484 g/mol. The number of alkyl halides is 2. The first-order chi connectivity index (χ1) is 14.2. The maximum atomic E-state index is 12.1. The molecule has 0 aliphatic carbocycles. The van der Waals surface area contributed by atoms with Crippen molar-refractivity contribution in [3.05, 3.63) is 64.1 Å². The molecule has 30 heavy (non-hydrogen) atoms. The molecular weight excluding hydrogens is 466 g/mol. The summed E-state index contributed by atoms with van der Waals surface area (Å²) in [6, 6.07) is 12.5. The number of hydrogen-bond acceptors (Lipinski definition) is 5. The first kappa shape index (κ1) is 23.3. The smallest absolute Gasteiger partial charge is 0.387 e. The van der Waals surface area contributed by atoms with Gasteiger partial charge in [-0.15, -0.1) is 0 Å². The van der Waals surface area contributed by atoms with Gasteiger partial charge in [-0.25, -0.2) is 0 Å². The van der Waals surface area contributed by atoms with Crippen LogP contribution in [0, 0.1) is 0 Å². The van der Waals surface area contributed by atoms with E-state index in [1.165, 1.54) is 24.1 Å². The van der Waals surface area contributed by atoms with Crippen LogP contribution < -0.4 is 10.1 Å². The van der Waals surface area contributed by atoms with E-state index < -0.39 is 31.0 Å². The Balaban J connectivity index is 1.73. The van der Waals surface area contributed by atoms with Gasteiger partial charge in [0.15, 0.2) is 6.61 Å². The number of benzene rings is 2. The van der Waals surface area contributed by atoms with E-state index in [0.717, 1.165) is 4.47 Å². The van der Waals surface area contributed by atoms with Crippen molar-refractivity contribution in [3.63, 3.8) is 0 Å². The van der Waals surface area contributed by atoms with Crippen molar-refractivity contribution in [2.45, 2.75) is 13.2 Å². The minimum atomic E-state index is -2.91. The van der Waals surface area contributed by atoms with Crippen molar-refractivity contribution in [2.24, 2.45) is 0 Å². The number of nitrogens with zero attached hydrogens (tertiary/aromatic N) is 1. The SMILES string of the molecule is CN(Cc1ccc(OC(F)F)cc1)C(=O)COC(=O)CNC(=O)c1cccc(Br)c1. The number of amides is 2. The highest BCUT2D eigenvalue weighted by Gasteiger charge is 2.14. The average Bonchev–Trinajstić information content (AvgIpc) is 2.71. The number of nitrogens with one attached hydrogen (secondary N) is 1. The van der Waals surface area contributed by atoms with E-state index in [9.17, 15) is 23.2 Å². The third-order valence-electron chi connectivity index (χ3n) is 3.83. The number of carbonyl (C=O) groups is 3. The Bertz CT molecular complexity index is 893. The van der Waals surface area contributed by atoms with E-state index >= 15 is 0 Å². The Labute approximate surface area is 180 Å². The predicted octanol–water partition coefficient (Wildman–Crippen LogP) is 2.98. The number of halogens is 3. The molecule has 0 unspecified atom stereocenters. The Morgan fingerprint density at radius 3 is 2.47 bits per heavy atom. The Morgan fingerprint density at radius 2 is 1.83 bits per heavy atom. The fourth-order valence-electron chi connectivity index (χ4n) is 2.33. The van der Waals surface area contributed by atoms with Crippen molar-refractivity contribution in [1.29, 1.82) is 0 Å². The molecule has 0 aromatic heterocycles. The maximum Gasteiger partial charge on any atom is 0.387 e. The minimum absolute atomic E-state index is 0.0153. The summed E-state index contributed by atoms with van der Waals surface area (Å²) in [4.78, 5) is 37.1. The van der Waals surface area contributed by atoms with Crippen LogP contribution in [-0.2, 0) is 20.9 Å². The highest BCUT2D eigenvalue weighted by Crippen LogP contribution is 2.16. The molecule has 1 N–H and O–H groups in total. The van der Waals surface area contributed by atoms with Crippen LogP contribution in [0.4, 0.5) is 8.78 Å². The Hall–Kier alpha value is -3.01. The van der Waals surface area contributed by atoms with Crippen LogP contribution in [0.1, 0.15) is 15.9 Å². The lowest BCUT2D eigenvalue weighted by Crippen LogP contribution is -2.34. The van der Waals surface area contributed by atoms with Gasteiger partial charge in [-0.05, 0) is 35.9 Å². The zero-order chi connectivity index (χ0) is 22.1. The van der Waals surface area contributed by atoms with Gasteiger partial charge in [0, 0.05) is 23.6 Å². The zero-order valence-corrected chi connectivity index (χ0v) is 17.5. The number of ether oxygens (including phenoxy) is 2. The summed E-state index contributed by atoms with van der Waals surface area (Å²) in [7, 11) is 1.51. The van der Waals surface area contributed by atoms with Crippen molar-refractivity contribution in [3.8, 4) is 5.75 Å². The second kappa shape index (κ2) is 11.2. The summed E-state index contributed by atoms with van der Waals surface area (Å²) in [6.07, 6.45) is 0. The topological polar surface area (TPSA) is 84.9 Å². The predicted molar refractivity (Wildman–Crippen MR) is 107 cm³/mol. The fraction of sp³-hybridized carbons (Fsp3) is 0.250. The second-order valence-corrected chi connectivity index (χ2v) is 7.04. The molecule has 0 saturated heterocycles. The van der Waals surface area contributed by atoms with Crippen LogP contribution in [0.25, 0.3) is 0 Å². The third kappa shape index (κ3) is 7.78. The molecule has 10 heteroatoms. The largest absolute Gasteiger partial charge is 0.454 e. The number of likely N-dealkylation sites (N-methyl/N-ethyl adjacent to an activating group) is 1. The summed E-state index contributed by atoms with van der Waals surface area (Å²) in [6.45, 7) is -3.60. The van der Waals surface area contributed by atoms with E-state index in [0.29, 0.717) is 11.1 Å². The molecule has 2 amide bonds. The van der Waals surface area contributed by atoms with Crippen LogP contribution in [0.3, 0.4) is 0 Å². The van der Waals surface area contributed by atoms with E-state index in [1.54, 1.807) is 36.4 Å². The van der Waals surface area contributed by atoms with E-state index in [2.05, 4.69) is 26.0 Å². The molecular formula is C20H19BrF2N2O5. The molecule has 0 fully saturated rings. The molecule has 0 bridgehead atoms. The van der Waals surface area contributed by atoms with E-state index in [1.807, 2.05) is 0 Å². The lowest BCUT2D eigenvalue weighted by molar-refractivity contribution is -0.150. The van der Waals surface area contributed by atoms with Gasteiger partial charge >= 0.3 is 12.6 Å². The van der Waals surface area contributed by atoms with Crippen LogP contribution in [-0.4, -0.2) is 49.5 Å². The average molecular weight is 485 g/mol. The Morgan fingerprint density at radius 1 is 1.13 bits per heavy atom. The normalized spacial score (nSPS) is 10.4. The van der Waals surface area contributed by atoms with Crippen LogP contribution in [0.2, 0.25) is 0 Å². The van der Waals surface area contributed by atoms with Gasteiger partial charge in [0.05, 0.1) is 0 Å². The number of rotatable bonds is 9. The van der Waals surface area contributed by atoms with Crippen molar-refractivity contribution < 1.29 is 32.6 Å². The first-order valence-corrected chi connectivity index (χ1v) is 9.51. The summed E-state index contributed by atoms with van der Waals surface area (Å²) >= 11 is 3.25. The first-order valence-electron chi connectivity index (χ1n) is 8.71. The van der Waals surface area contributed by atoms with Gasteiger partial charge in [-0.1, -0.05) is 34.1 Å². The highest BCUT2D eigenvalue weighted by atomic mass is 79.9. The number of esters is 1. The van der Waals surface area contributed by atoms with Gasteiger partial charge < -0.3 is 19.7 Å². The summed E-state index contributed by atoms with van der Waals surface area (Å²) < 4.78 is 34.2. The second-order valence-electron chi connectivity index (χ2n) is 6.13. The molecule has 2 aromatic carbocycles. The number of carbonyl (C=O) groups excluding carboxylic acids is 3. The van der Waals surface area contributed by atoms with Crippen LogP contribution >= 0.6 is 15.9 Å². The van der Waals surface area contributed by atoms with E-state index in [4.69, 9.17) is 4.74 Å². The standard InChI is InChI=1S/C20H19BrF2N2O5/c1-25(11-13-5-7-16(8-6-13)30-20(22)23)17(26)12-29-18(27)10-24-19(28)14-3-2-4-15(21)9-14/h2-9,20H,10-12H2,1H3,(H,24,28). The summed E-state index contributed by atoms with van der Waals surface area (Å²) in [5.41, 5.74) is 1.05. The molecule has 0 atom stereocenters. The molecule has 2 rings (SSSR count). The van der Waals surface area contributed by atoms with Crippen LogP contribution in [0.5, 0.6) is 5.75 Å². The third-order valence-corrected chi connectivity index (χ3v) is 4.32. The number of hydrogen-bond donors (Lipinski definition) is 1. The van der Waals surface area contributed by atoms with Crippen molar-refractivity contribution >= 4 is 33.7 Å². The van der Waals surface area contributed by atoms with Crippen LogP contribution in [0.15, 0.2) is 53.0 Å². The van der Waals surface area contributed by atoms with Crippen molar-refractivity contribution in [1.82, 2.24) is 10.2 Å². The van der Waals surface area contributed by atoms with Crippen molar-refractivity contribution in [2.75, 3.05) is 20.2 Å². The molecule has 0 saturated carbocycles. The fourth-order valence-corrected chi connectivity index (χ4v) is 2.73. The molecule has 2 aromatic rings. The molecule has 0 heterocycles. The lowest BCUT2D eigenvalue weighted by atomic mass is 10.2.